The van der Waals surface area contributed by atoms with E-state index < -0.39 is 0 Å². The summed E-state index contributed by atoms with van der Waals surface area (Å²) in [6, 6.07) is 5.38. The second kappa shape index (κ2) is 5.35. The molecule has 3 rings (SSSR count). The zero-order chi connectivity index (χ0) is 14.3. The monoisotopic (exact) mass is 325 g/mol. The van der Waals surface area contributed by atoms with Crippen molar-refractivity contribution in [3.63, 3.8) is 0 Å². The van der Waals surface area contributed by atoms with Gasteiger partial charge in [-0.2, -0.15) is 5.10 Å². The van der Waals surface area contributed by atoms with Gasteiger partial charge in [-0.15, -0.1) is 0 Å². The Hall–Kier alpha value is -1.10. The summed E-state index contributed by atoms with van der Waals surface area (Å²) in [6.45, 7) is 4.36. The minimum Gasteiger partial charge on any atom is -0.217 e. The number of benzene rings is 1. The van der Waals surface area contributed by atoms with Crippen molar-refractivity contribution in [3.05, 3.63) is 39.4 Å². The van der Waals surface area contributed by atoms with Crippen molar-refractivity contribution in [1.29, 1.82) is 0 Å². The van der Waals surface area contributed by atoms with Crippen LogP contribution in [-0.2, 0) is 6.42 Å². The van der Waals surface area contributed by atoms with Gasteiger partial charge in [-0.1, -0.05) is 48.4 Å². The first-order chi connectivity index (χ1) is 9.52. The SMILES string of the molecule is CC(C)Cc1nn2cc(-c3cc(Cl)ccc3Cl)nc2s1. The van der Waals surface area contributed by atoms with Crippen molar-refractivity contribution in [1.82, 2.24) is 14.6 Å². The van der Waals surface area contributed by atoms with Crippen LogP contribution in [0.2, 0.25) is 10.0 Å². The van der Waals surface area contributed by atoms with Gasteiger partial charge in [-0.05, 0) is 24.1 Å². The fraction of sp³-hybridized carbons (Fsp3) is 0.286. The minimum atomic E-state index is 0.590. The van der Waals surface area contributed by atoms with Gasteiger partial charge in [0, 0.05) is 17.0 Å². The molecule has 3 aromatic rings. The Morgan fingerprint density at radius 3 is 2.80 bits per heavy atom. The number of fused-ring (bicyclic) bond motifs is 1. The molecule has 0 saturated heterocycles. The molecule has 0 aliphatic rings. The van der Waals surface area contributed by atoms with E-state index in [0.29, 0.717) is 16.0 Å². The van der Waals surface area contributed by atoms with Crippen LogP contribution in [0.4, 0.5) is 0 Å². The van der Waals surface area contributed by atoms with Crippen LogP contribution < -0.4 is 0 Å². The van der Waals surface area contributed by atoms with Crippen molar-refractivity contribution in [2.45, 2.75) is 20.3 Å². The Morgan fingerprint density at radius 2 is 2.10 bits per heavy atom. The summed E-state index contributed by atoms with van der Waals surface area (Å²) in [4.78, 5) is 5.47. The maximum Gasteiger partial charge on any atom is 0.212 e. The molecule has 0 saturated carbocycles. The number of halogens is 2. The molecular weight excluding hydrogens is 313 g/mol. The van der Waals surface area contributed by atoms with Gasteiger partial charge in [-0.3, -0.25) is 0 Å². The molecule has 0 bridgehead atoms. The van der Waals surface area contributed by atoms with Crippen molar-refractivity contribution in [3.8, 4) is 11.3 Å². The number of aromatic nitrogens is 3. The molecule has 0 aliphatic heterocycles. The first kappa shape index (κ1) is 13.9. The molecule has 104 valence electrons. The number of hydrogen-bond donors (Lipinski definition) is 0. The zero-order valence-electron chi connectivity index (χ0n) is 11.1. The summed E-state index contributed by atoms with van der Waals surface area (Å²) in [5.74, 6) is 0.590. The van der Waals surface area contributed by atoms with Gasteiger partial charge in [0.15, 0.2) is 0 Å². The summed E-state index contributed by atoms with van der Waals surface area (Å²) in [5, 5.41) is 6.94. The van der Waals surface area contributed by atoms with Gasteiger partial charge in [-0.25, -0.2) is 9.50 Å². The molecule has 0 atom stereocenters. The fourth-order valence-electron chi connectivity index (χ4n) is 2.00. The van der Waals surface area contributed by atoms with Gasteiger partial charge in [0.2, 0.25) is 4.96 Å². The Morgan fingerprint density at radius 1 is 1.30 bits per heavy atom. The molecule has 3 nitrogen and oxygen atoms in total. The zero-order valence-corrected chi connectivity index (χ0v) is 13.4. The highest BCUT2D eigenvalue weighted by Gasteiger charge is 2.13. The second-order valence-corrected chi connectivity index (χ2v) is 6.96. The average molecular weight is 326 g/mol. The molecule has 0 fully saturated rings. The van der Waals surface area contributed by atoms with E-state index in [0.717, 1.165) is 27.6 Å². The largest absolute Gasteiger partial charge is 0.217 e. The Labute approximate surface area is 131 Å². The van der Waals surface area contributed by atoms with E-state index in [1.807, 2.05) is 16.8 Å². The quantitative estimate of drug-likeness (QED) is 0.681. The third-order valence-corrected chi connectivity index (χ3v) is 4.38. The molecule has 6 heteroatoms. The third-order valence-electron chi connectivity index (χ3n) is 2.87. The molecule has 0 N–H and O–H groups in total. The fourth-order valence-corrected chi connectivity index (χ4v) is 3.47. The average Bonchev–Trinajstić information content (AvgIpc) is 2.89. The van der Waals surface area contributed by atoms with Gasteiger partial charge in [0.25, 0.3) is 0 Å². The Kier molecular flexibility index (Phi) is 3.71. The molecule has 0 spiro atoms. The topological polar surface area (TPSA) is 30.2 Å². The first-order valence-electron chi connectivity index (χ1n) is 6.33. The molecule has 0 unspecified atom stereocenters. The maximum atomic E-state index is 6.20. The summed E-state index contributed by atoms with van der Waals surface area (Å²) >= 11 is 13.8. The molecule has 1 aromatic carbocycles. The predicted octanol–water partition coefficient (Wildman–Crippen LogP) is 4.96. The van der Waals surface area contributed by atoms with Crippen molar-refractivity contribution in [2.24, 2.45) is 5.92 Å². The van der Waals surface area contributed by atoms with Crippen molar-refractivity contribution in [2.75, 3.05) is 0 Å². The lowest BCUT2D eigenvalue weighted by Gasteiger charge is -2.00. The van der Waals surface area contributed by atoms with Gasteiger partial charge >= 0.3 is 0 Å². The van der Waals surface area contributed by atoms with E-state index in [4.69, 9.17) is 23.2 Å². The van der Waals surface area contributed by atoms with Gasteiger partial charge in [0.05, 0.1) is 16.9 Å². The first-order valence-corrected chi connectivity index (χ1v) is 7.90. The van der Waals surface area contributed by atoms with Gasteiger partial charge in [0.1, 0.15) is 5.01 Å². The normalized spacial score (nSPS) is 11.7. The number of nitrogens with zero attached hydrogens (tertiary/aromatic N) is 3. The lowest BCUT2D eigenvalue weighted by molar-refractivity contribution is 0.637. The van der Waals surface area contributed by atoms with Crippen LogP contribution in [0.25, 0.3) is 16.2 Å². The number of hydrogen-bond acceptors (Lipinski definition) is 3. The van der Waals surface area contributed by atoms with Crippen LogP contribution in [0.1, 0.15) is 18.9 Å². The van der Waals surface area contributed by atoms with Gasteiger partial charge < -0.3 is 0 Å². The molecule has 2 aromatic heterocycles. The standard InChI is InChI=1S/C14H13Cl2N3S/c1-8(2)5-13-18-19-7-12(17-14(19)20-13)10-6-9(15)3-4-11(10)16/h3-4,6-8H,5H2,1-2H3. The highest BCUT2D eigenvalue weighted by atomic mass is 35.5. The lowest BCUT2D eigenvalue weighted by atomic mass is 10.1. The van der Waals surface area contributed by atoms with Crippen LogP contribution in [-0.4, -0.2) is 14.6 Å². The molecule has 2 heterocycles. The molecule has 0 aliphatic carbocycles. The Bertz CT molecular complexity index is 729. The molecule has 20 heavy (non-hydrogen) atoms. The third kappa shape index (κ3) is 2.68. The van der Waals surface area contributed by atoms with Crippen LogP contribution in [0.5, 0.6) is 0 Å². The van der Waals surface area contributed by atoms with Crippen molar-refractivity contribution >= 4 is 39.5 Å². The smallest absolute Gasteiger partial charge is 0.212 e. The maximum absolute atomic E-state index is 6.20. The molecule has 0 radical (unpaired) electrons. The van der Waals surface area contributed by atoms with Crippen LogP contribution >= 0.6 is 34.5 Å². The lowest BCUT2D eigenvalue weighted by Crippen LogP contribution is -1.94. The highest BCUT2D eigenvalue weighted by molar-refractivity contribution is 7.16. The van der Waals surface area contributed by atoms with Crippen LogP contribution in [0.15, 0.2) is 24.4 Å². The second-order valence-electron chi connectivity index (χ2n) is 5.07. The van der Waals surface area contributed by atoms with E-state index in [9.17, 15) is 0 Å². The molecular formula is C14H13Cl2N3S. The number of imidazole rings is 1. The van der Waals surface area contributed by atoms with E-state index in [-0.39, 0.29) is 0 Å². The van der Waals surface area contributed by atoms with E-state index in [1.54, 1.807) is 23.5 Å². The van der Waals surface area contributed by atoms with Crippen molar-refractivity contribution < 1.29 is 0 Å². The highest BCUT2D eigenvalue weighted by Crippen LogP contribution is 2.31. The Balaban J connectivity index is 2.01. The van der Waals surface area contributed by atoms with Crippen LogP contribution in [0, 0.1) is 5.92 Å². The minimum absolute atomic E-state index is 0.590. The van der Waals surface area contributed by atoms with E-state index in [2.05, 4.69) is 23.9 Å². The summed E-state index contributed by atoms with van der Waals surface area (Å²) in [6.07, 6.45) is 2.87. The summed E-state index contributed by atoms with van der Waals surface area (Å²) in [5.41, 5.74) is 1.63. The predicted molar refractivity (Wildman–Crippen MR) is 84.9 cm³/mol. The molecule has 0 amide bonds. The number of rotatable bonds is 3. The summed E-state index contributed by atoms with van der Waals surface area (Å²) < 4.78 is 1.81. The van der Waals surface area contributed by atoms with E-state index in [1.165, 1.54) is 0 Å². The van der Waals surface area contributed by atoms with E-state index >= 15 is 0 Å². The van der Waals surface area contributed by atoms with Crippen LogP contribution in [0.3, 0.4) is 0 Å². The summed E-state index contributed by atoms with van der Waals surface area (Å²) in [7, 11) is 0.